The highest BCUT2D eigenvalue weighted by Crippen LogP contribution is 2.19. The van der Waals surface area contributed by atoms with E-state index in [1.165, 1.54) is 0 Å². The average molecular weight is 389 g/mol. The summed E-state index contributed by atoms with van der Waals surface area (Å²) in [6, 6.07) is 13.9. The van der Waals surface area contributed by atoms with Crippen LogP contribution in [0.1, 0.15) is 19.3 Å². The number of carboxylic acid groups (broad SMARTS) is 1. The number of aliphatic carboxylic acids is 1. The van der Waals surface area contributed by atoms with Crippen molar-refractivity contribution >= 4 is 52.4 Å². The van der Waals surface area contributed by atoms with Gasteiger partial charge in [-0.05, 0) is 42.8 Å². The third-order valence-corrected chi connectivity index (χ3v) is 3.75. The van der Waals surface area contributed by atoms with E-state index in [4.69, 9.17) is 39.9 Å². The Kier molecular flexibility index (Phi) is 9.23. The van der Waals surface area contributed by atoms with E-state index in [1.54, 1.807) is 36.4 Å². The Morgan fingerprint density at radius 3 is 1.88 bits per heavy atom. The van der Waals surface area contributed by atoms with E-state index < -0.39 is 5.97 Å². The lowest BCUT2D eigenvalue weighted by Gasteiger charge is -2.04. The fraction of sp³-hybridized carbons (Fsp3) is 0.176. The first-order valence-electron chi connectivity index (χ1n) is 7.05. The van der Waals surface area contributed by atoms with Crippen LogP contribution < -0.4 is 5.32 Å². The molecule has 7 heteroatoms. The van der Waals surface area contributed by atoms with Gasteiger partial charge in [0.2, 0.25) is 5.91 Å². The molecule has 24 heavy (non-hydrogen) atoms. The minimum absolute atomic E-state index is 0.00797. The van der Waals surface area contributed by atoms with Gasteiger partial charge >= 0.3 is 5.97 Å². The smallest absolute Gasteiger partial charge is 0.303 e. The zero-order valence-electron chi connectivity index (χ0n) is 12.6. The average Bonchev–Trinajstić information content (AvgIpc) is 2.53. The molecule has 128 valence electrons. The summed E-state index contributed by atoms with van der Waals surface area (Å²) < 4.78 is 0. The molecule has 0 unspecified atom stereocenters. The molecule has 4 nitrogen and oxygen atoms in total. The highest BCUT2D eigenvalue weighted by Gasteiger charge is 2.04. The molecule has 2 aromatic carbocycles. The van der Waals surface area contributed by atoms with Crippen LogP contribution in [0.3, 0.4) is 0 Å². The van der Waals surface area contributed by atoms with E-state index in [-0.39, 0.29) is 18.7 Å². The Morgan fingerprint density at radius 1 is 0.875 bits per heavy atom. The summed E-state index contributed by atoms with van der Waals surface area (Å²) in [6.07, 6.45) is 0.553. The van der Waals surface area contributed by atoms with Crippen LogP contribution in [0.4, 0.5) is 5.69 Å². The third-order valence-electron chi connectivity index (χ3n) is 2.75. The second-order valence-electron chi connectivity index (χ2n) is 4.72. The molecule has 0 heterocycles. The van der Waals surface area contributed by atoms with Crippen LogP contribution in [0.15, 0.2) is 48.5 Å². The van der Waals surface area contributed by atoms with Crippen molar-refractivity contribution in [2.24, 2.45) is 0 Å². The molecule has 2 rings (SSSR count). The highest BCUT2D eigenvalue weighted by molar-refractivity contribution is 6.41. The topological polar surface area (TPSA) is 66.4 Å². The van der Waals surface area contributed by atoms with Crippen LogP contribution in [0.5, 0.6) is 0 Å². The Hall–Kier alpha value is -1.75. The summed E-state index contributed by atoms with van der Waals surface area (Å²) in [5.41, 5.74) is 0.657. The van der Waals surface area contributed by atoms with E-state index in [1.807, 2.05) is 12.1 Å². The molecule has 0 spiro atoms. The van der Waals surface area contributed by atoms with E-state index >= 15 is 0 Å². The summed E-state index contributed by atoms with van der Waals surface area (Å²) in [5.74, 6) is -1.08. The van der Waals surface area contributed by atoms with Crippen molar-refractivity contribution < 1.29 is 14.7 Å². The molecule has 0 bridgehead atoms. The predicted octanol–water partition coefficient (Wildman–Crippen LogP) is 5.53. The van der Waals surface area contributed by atoms with E-state index in [0.29, 0.717) is 27.2 Å². The van der Waals surface area contributed by atoms with E-state index in [2.05, 4.69) is 5.32 Å². The van der Waals surface area contributed by atoms with Crippen LogP contribution in [0, 0.1) is 0 Å². The molecule has 0 aliphatic carbocycles. The van der Waals surface area contributed by atoms with Gasteiger partial charge in [-0.1, -0.05) is 46.9 Å². The van der Waals surface area contributed by atoms with Crippen molar-refractivity contribution in [2.45, 2.75) is 19.3 Å². The number of rotatable bonds is 5. The number of amides is 1. The number of nitrogens with one attached hydrogen (secondary N) is 1. The zero-order valence-corrected chi connectivity index (χ0v) is 14.9. The van der Waals surface area contributed by atoms with E-state index in [0.717, 1.165) is 0 Å². The normalized spacial score (nSPS) is 9.62. The molecule has 2 N–H and O–H groups in total. The maximum Gasteiger partial charge on any atom is 0.303 e. The number of carbonyl (C=O) groups is 2. The minimum Gasteiger partial charge on any atom is -0.481 e. The van der Waals surface area contributed by atoms with Gasteiger partial charge < -0.3 is 10.4 Å². The zero-order chi connectivity index (χ0) is 17.9. The maximum absolute atomic E-state index is 11.3. The monoisotopic (exact) mass is 387 g/mol. The van der Waals surface area contributed by atoms with Gasteiger partial charge in [0, 0.05) is 23.6 Å². The Bertz CT molecular complexity index is 654. The number of anilines is 1. The van der Waals surface area contributed by atoms with Crippen molar-refractivity contribution in [3.8, 4) is 0 Å². The molecule has 0 saturated heterocycles. The number of hydrogen-bond donors (Lipinski definition) is 2. The molecule has 0 radical (unpaired) electrons. The van der Waals surface area contributed by atoms with Crippen LogP contribution in [-0.2, 0) is 9.59 Å². The van der Waals surface area contributed by atoms with Gasteiger partial charge in [-0.3, -0.25) is 9.59 Å². The second-order valence-corrected chi connectivity index (χ2v) is 5.97. The standard InChI is InChI=1S/C11H12ClNO3.C6H4Cl2/c12-8-4-6-9(7-5-8)13-10(14)2-1-3-11(15)16;7-5-3-1-2-4-6(5)8/h4-7H,1-3H2,(H,13,14)(H,15,16);1-4H. The Labute approximate surface area is 155 Å². The second kappa shape index (κ2) is 10.9. The molecule has 0 fully saturated rings. The van der Waals surface area contributed by atoms with Gasteiger partial charge in [0.15, 0.2) is 0 Å². The van der Waals surface area contributed by atoms with Crippen LogP contribution in [-0.4, -0.2) is 17.0 Å². The first kappa shape index (κ1) is 20.3. The van der Waals surface area contributed by atoms with Gasteiger partial charge in [0.05, 0.1) is 10.0 Å². The lowest BCUT2D eigenvalue weighted by Crippen LogP contribution is -2.11. The summed E-state index contributed by atoms with van der Waals surface area (Å²) >= 11 is 16.8. The molecule has 0 aromatic heterocycles. The van der Waals surface area contributed by atoms with Gasteiger partial charge in [0.1, 0.15) is 0 Å². The molecule has 0 aliphatic rings. The highest BCUT2D eigenvalue weighted by atomic mass is 35.5. The van der Waals surface area contributed by atoms with Crippen molar-refractivity contribution in [2.75, 3.05) is 5.32 Å². The summed E-state index contributed by atoms with van der Waals surface area (Å²) in [5, 5.41) is 12.9. The quantitative estimate of drug-likeness (QED) is 0.708. The fourth-order valence-corrected chi connectivity index (χ4v) is 1.99. The molecule has 2 aromatic rings. The molecule has 0 aliphatic heterocycles. The Morgan fingerprint density at radius 2 is 1.42 bits per heavy atom. The molecular formula is C17H16Cl3NO3. The van der Waals surface area contributed by atoms with Gasteiger partial charge in [0.25, 0.3) is 0 Å². The minimum atomic E-state index is -0.890. The van der Waals surface area contributed by atoms with Gasteiger partial charge in [-0.2, -0.15) is 0 Å². The van der Waals surface area contributed by atoms with Crippen molar-refractivity contribution in [1.29, 1.82) is 0 Å². The number of benzene rings is 2. The third kappa shape index (κ3) is 8.77. The largest absolute Gasteiger partial charge is 0.481 e. The fourth-order valence-electron chi connectivity index (χ4n) is 1.60. The molecule has 0 atom stereocenters. The number of hydrogen-bond acceptors (Lipinski definition) is 2. The predicted molar refractivity (Wildman–Crippen MR) is 98.0 cm³/mol. The maximum atomic E-state index is 11.3. The van der Waals surface area contributed by atoms with Crippen molar-refractivity contribution in [3.05, 3.63) is 63.6 Å². The van der Waals surface area contributed by atoms with Crippen LogP contribution in [0.2, 0.25) is 15.1 Å². The van der Waals surface area contributed by atoms with Gasteiger partial charge in [-0.25, -0.2) is 0 Å². The molecule has 1 amide bonds. The van der Waals surface area contributed by atoms with Crippen LogP contribution >= 0.6 is 34.8 Å². The summed E-state index contributed by atoms with van der Waals surface area (Å²) in [7, 11) is 0. The van der Waals surface area contributed by atoms with Crippen molar-refractivity contribution in [1.82, 2.24) is 0 Å². The van der Waals surface area contributed by atoms with E-state index in [9.17, 15) is 9.59 Å². The summed E-state index contributed by atoms with van der Waals surface area (Å²) in [4.78, 5) is 21.6. The van der Waals surface area contributed by atoms with Crippen LogP contribution in [0.25, 0.3) is 0 Å². The lowest BCUT2D eigenvalue weighted by molar-refractivity contribution is -0.137. The number of carbonyl (C=O) groups excluding carboxylic acids is 1. The van der Waals surface area contributed by atoms with Crippen molar-refractivity contribution in [3.63, 3.8) is 0 Å². The number of carboxylic acids is 1. The first-order chi connectivity index (χ1) is 11.4. The Balaban J connectivity index is 0.000000300. The number of halogens is 3. The lowest BCUT2D eigenvalue weighted by atomic mass is 10.2. The first-order valence-corrected chi connectivity index (χ1v) is 8.19. The molecule has 0 saturated carbocycles. The molecular weight excluding hydrogens is 373 g/mol. The SMILES string of the molecule is Clc1ccccc1Cl.O=C(O)CCCC(=O)Nc1ccc(Cl)cc1. The van der Waals surface area contributed by atoms with Gasteiger partial charge in [-0.15, -0.1) is 0 Å². The summed E-state index contributed by atoms with van der Waals surface area (Å²) in [6.45, 7) is 0.